The molecule has 0 bridgehead atoms. The second-order valence-electron chi connectivity index (χ2n) is 11.7. The number of nitrogens with one attached hydrogen (secondary N) is 1. The fraction of sp³-hybridized carbons (Fsp3) is 0.297. The standard InChI is InChI=1S/C37H42FN3O4S/c1-6-29(5)39-37(43)35(23-30-12-8-7-9-13-30)40(24-31-14-10-11-15-34(31)38)36(42)25-41(32-19-18-27(3)28(4)22-32)46(44,45)33-20-16-26(2)17-21-33/h7-22,29,35H,6,23-25H2,1-5H3,(H,39,43). The molecule has 1 N–H and O–H groups in total. The molecule has 46 heavy (non-hydrogen) atoms. The molecular formula is C37H42FN3O4S. The molecule has 242 valence electrons. The molecular weight excluding hydrogens is 601 g/mol. The third-order valence-corrected chi connectivity index (χ3v) is 10.0. The monoisotopic (exact) mass is 643 g/mol. The number of benzene rings is 4. The smallest absolute Gasteiger partial charge is 0.264 e. The molecule has 4 aromatic rings. The molecule has 0 aliphatic carbocycles. The van der Waals surface area contributed by atoms with Crippen molar-refractivity contribution in [1.82, 2.24) is 10.2 Å². The third kappa shape index (κ3) is 8.40. The molecule has 2 unspecified atom stereocenters. The Balaban J connectivity index is 1.83. The average Bonchev–Trinajstić information content (AvgIpc) is 3.04. The van der Waals surface area contributed by atoms with Gasteiger partial charge in [0.05, 0.1) is 10.6 Å². The van der Waals surface area contributed by atoms with Crippen molar-refractivity contribution in [3.05, 3.63) is 131 Å². The molecule has 7 nitrogen and oxygen atoms in total. The fourth-order valence-corrected chi connectivity index (χ4v) is 6.46. The molecule has 2 amide bonds. The van der Waals surface area contributed by atoms with Crippen LogP contribution in [0.5, 0.6) is 0 Å². The summed E-state index contributed by atoms with van der Waals surface area (Å²) in [5.74, 6) is -1.57. The maximum atomic E-state index is 15.1. The lowest BCUT2D eigenvalue weighted by Gasteiger charge is -2.34. The predicted molar refractivity (Wildman–Crippen MR) is 180 cm³/mol. The SMILES string of the molecule is CCC(C)NC(=O)C(Cc1ccccc1)N(Cc1ccccc1F)C(=O)CN(c1ccc(C)c(C)c1)S(=O)(=O)c1ccc(C)cc1. The van der Waals surface area contributed by atoms with E-state index < -0.39 is 40.2 Å². The van der Waals surface area contributed by atoms with Crippen LogP contribution in [-0.2, 0) is 32.6 Å². The van der Waals surface area contributed by atoms with E-state index in [0.717, 1.165) is 26.6 Å². The quantitative estimate of drug-likeness (QED) is 0.180. The van der Waals surface area contributed by atoms with Gasteiger partial charge in [0.2, 0.25) is 11.8 Å². The fourth-order valence-electron chi connectivity index (χ4n) is 5.05. The highest BCUT2D eigenvalue weighted by molar-refractivity contribution is 7.92. The Morgan fingerprint density at radius 3 is 2.13 bits per heavy atom. The van der Waals surface area contributed by atoms with Gasteiger partial charge in [0.25, 0.3) is 10.0 Å². The number of nitrogens with zero attached hydrogens (tertiary/aromatic N) is 2. The van der Waals surface area contributed by atoms with Crippen LogP contribution in [0.4, 0.5) is 10.1 Å². The maximum absolute atomic E-state index is 15.1. The van der Waals surface area contributed by atoms with Gasteiger partial charge >= 0.3 is 0 Å². The number of halogens is 1. The number of hydrogen-bond acceptors (Lipinski definition) is 4. The summed E-state index contributed by atoms with van der Waals surface area (Å²) in [7, 11) is -4.23. The van der Waals surface area contributed by atoms with Gasteiger partial charge in [-0.1, -0.05) is 79.2 Å². The van der Waals surface area contributed by atoms with Crippen LogP contribution in [-0.4, -0.2) is 43.8 Å². The largest absolute Gasteiger partial charge is 0.352 e. The van der Waals surface area contributed by atoms with Gasteiger partial charge in [-0.25, -0.2) is 12.8 Å². The molecule has 0 fully saturated rings. The number of amides is 2. The van der Waals surface area contributed by atoms with Crippen molar-refractivity contribution in [3.8, 4) is 0 Å². The van der Waals surface area contributed by atoms with Crippen molar-refractivity contribution in [2.24, 2.45) is 0 Å². The molecule has 0 aliphatic heterocycles. The van der Waals surface area contributed by atoms with E-state index in [2.05, 4.69) is 5.32 Å². The van der Waals surface area contributed by atoms with Crippen molar-refractivity contribution in [3.63, 3.8) is 0 Å². The summed E-state index contributed by atoms with van der Waals surface area (Å²) >= 11 is 0. The predicted octanol–water partition coefficient (Wildman–Crippen LogP) is 6.50. The normalized spacial score (nSPS) is 12.7. The number of rotatable bonds is 13. The zero-order valence-electron chi connectivity index (χ0n) is 27.0. The Bertz CT molecular complexity index is 1760. The van der Waals surface area contributed by atoms with Crippen molar-refractivity contribution in [2.75, 3.05) is 10.8 Å². The molecule has 2 atom stereocenters. The molecule has 0 saturated carbocycles. The van der Waals surface area contributed by atoms with Crippen LogP contribution in [0.3, 0.4) is 0 Å². The Morgan fingerprint density at radius 2 is 1.50 bits per heavy atom. The van der Waals surface area contributed by atoms with Gasteiger partial charge in [0.15, 0.2) is 0 Å². The van der Waals surface area contributed by atoms with Gasteiger partial charge in [0.1, 0.15) is 18.4 Å². The Morgan fingerprint density at radius 1 is 0.848 bits per heavy atom. The van der Waals surface area contributed by atoms with Gasteiger partial charge < -0.3 is 10.2 Å². The highest BCUT2D eigenvalue weighted by Crippen LogP contribution is 2.27. The van der Waals surface area contributed by atoms with Crippen LogP contribution in [0.1, 0.15) is 48.1 Å². The molecule has 0 heterocycles. The first-order chi connectivity index (χ1) is 21.9. The van der Waals surface area contributed by atoms with Crippen LogP contribution < -0.4 is 9.62 Å². The molecule has 0 aromatic heterocycles. The minimum atomic E-state index is -4.23. The molecule has 0 saturated heterocycles. The van der Waals surface area contributed by atoms with Crippen LogP contribution in [0.2, 0.25) is 0 Å². The van der Waals surface area contributed by atoms with Crippen molar-refractivity contribution in [1.29, 1.82) is 0 Å². The van der Waals surface area contributed by atoms with E-state index in [9.17, 15) is 18.0 Å². The highest BCUT2D eigenvalue weighted by Gasteiger charge is 2.35. The number of carbonyl (C=O) groups is 2. The number of aryl methyl sites for hydroxylation is 3. The average molecular weight is 644 g/mol. The first kappa shape index (κ1) is 34.4. The second-order valence-corrected chi connectivity index (χ2v) is 13.6. The number of hydrogen-bond donors (Lipinski definition) is 1. The zero-order valence-corrected chi connectivity index (χ0v) is 27.9. The minimum absolute atomic E-state index is 0.0279. The Hall–Kier alpha value is -4.50. The van der Waals surface area contributed by atoms with Crippen LogP contribution in [0, 0.1) is 26.6 Å². The van der Waals surface area contributed by atoms with E-state index in [0.29, 0.717) is 12.1 Å². The maximum Gasteiger partial charge on any atom is 0.264 e. The summed E-state index contributed by atoms with van der Waals surface area (Å²) in [6, 6.07) is 25.7. The van der Waals surface area contributed by atoms with Crippen molar-refractivity contribution >= 4 is 27.5 Å². The first-order valence-electron chi connectivity index (χ1n) is 15.4. The molecule has 0 radical (unpaired) electrons. The summed E-state index contributed by atoms with van der Waals surface area (Å²) in [5.41, 5.74) is 4.04. The zero-order chi connectivity index (χ0) is 33.4. The molecule has 4 aromatic carbocycles. The lowest BCUT2D eigenvalue weighted by molar-refractivity contribution is -0.140. The number of anilines is 1. The Labute approximate surface area is 272 Å². The third-order valence-electron chi connectivity index (χ3n) is 8.24. The van der Waals surface area contributed by atoms with Gasteiger partial charge in [-0.15, -0.1) is 0 Å². The molecule has 0 spiro atoms. The second kappa shape index (κ2) is 15.2. The van der Waals surface area contributed by atoms with Crippen LogP contribution in [0.15, 0.2) is 102 Å². The molecule has 9 heteroatoms. The van der Waals surface area contributed by atoms with Crippen LogP contribution in [0.25, 0.3) is 0 Å². The highest BCUT2D eigenvalue weighted by atomic mass is 32.2. The van der Waals surface area contributed by atoms with Gasteiger partial charge in [-0.3, -0.25) is 13.9 Å². The number of carbonyl (C=O) groups excluding carboxylic acids is 2. The molecule has 4 rings (SSSR count). The van der Waals surface area contributed by atoms with Gasteiger partial charge in [0, 0.05) is 24.6 Å². The van der Waals surface area contributed by atoms with E-state index in [1.807, 2.05) is 71.0 Å². The van der Waals surface area contributed by atoms with Crippen molar-refractivity contribution in [2.45, 2.75) is 71.0 Å². The van der Waals surface area contributed by atoms with E-state index in [-0.39, 0.29) is 29.5 Å². The lowest BCUT2D eigenvalue weighted by Crippen LogP contribution is -2.54. The van der Waals surface area contributed by atoms with Gasteiger partial charge in [-0.05, 0) is 81.1 Å². The number of sulfonamides is 1. The molecule has 0 aliphatic rings. The van der Waals surface area contributed by atoms with Gasteiger partial charge in [-0.2, -0.15) is 0 Å². The first-order valence-corrected chi connectivity index (χ1v) is 16.9. The summed E-state index contributed by atoms with van der Waals surface area (Å²) in [6.45, 7) is 8.63. The summed E-state index contributed by atoms with van der Waals surface area (Å²) in [6.07, 6.45) is 0.818. The van der Waals surface area contributed by atoms with E-state index in [1.165, 1.54) is 23.1 Å². The summed E-state index contributed by atoms with van der Waals surface area (Å²) in [4.78, 5) is 29.8. The topological polar surface area (TPSA) is 86.8 Å². The Kier molecular flexibility index (Phi) is 11.4. The van der Waals surface area contributed by atoms with E-state index in [4.69, 9.17) is 0 Å². The van der Waals surface area contributed by atoms with Crippen LogP contribution >= 0.6 is 0 Å². The van der Waals surface area contributed by atoms with Crippen molar-refractivity contribution < 1.29 is 22.4 Å². The lowest BCUT2D eigenvalue weighted by atomic mass is 10.0. The minimum Gasteiger partial charge on any atom is -0.352 e. The summed E-state index contributed by atoms with van der Waals surface area (Å²) in [5, 5.41) is 2.99. The van der Waals surface area contributed by atoms with E-state index in [1.54, 1.807) is 42.5 Å². The summed E-state index contributed by atoms with van der Waals surface area (Å²) < 4.78 is 44.6. The van der Waals surface area contributed by atoms with E-state index >= 15 is 4.39 Å².